The molecule has 0 fully saturated rings. The molecule has 27 heavy (non-hydrogen) atoms. The molecular weight excluding hydrogens is 338 g/mol. The van der Waals surface area contributed by atoms with E-state index in [1.165, 1.54) is 0 Å². The quantitative estimate of drug-likeness (QED) is 0.503. The van der Waals surface area contributed by atoms with Gasteiger partial charge in [0.25, 0.3) is 0 Å². The number of carbonyl (C=O) groups is 1. The third kappa shape index (κ3) is 3.46. The molecule has 2 aromatic carbocycles. The summed E-state index contributed by atoms with van der Waals surface area (Å²) in [5.74, 6) is 0.456. The largest absolute Gasteiger partial charge is 0.369 e. The summed E-state index contributed by atoms with van der Waals surface area (Å²) < 4.78 is 1.84. The van der Waals surface area contributed by atoms with Crippen molar-refractivity contribution in [1.29, 1.82) is 0 Å². The Labute approximate surface area is 156 Å². The van der Waals surface area contributed by atoms with Crippen LogP contribution in [0.5, 0.6) is 0 Å². The number of nitrogen functional groups attached to an aromatic ring is 1. The highest BCUT2D eigenvalue weighted by Crippen LogP contribution is 2.27. The van der Waals surface area contributed by atoms with Crippen molar-refractivity contribution in [2.45, 2.75) is 6.92 Å². The average Bonchev–Trinajstić information content (AvgIpc) is 3.04. The number of aryl methyl sites for hydroxylation is 1. The number of anilines is 3. The van der Waals surface area contributed by atoms with Crippen molar-refractivity contribution >= 4 is 28.9 Å². The molecule has 0 aliphatic heterocycles. The maximum absolute atomic E-state index is 12.2. The van der Waals surface area contributed by atoms with Crippen molar-refractivity contribution in [3.05, 3.63) is 78.6 Å². The smallest absolute Gasteiger partial charge is 0.323 e. The van der Waals surface area contributed by atoms with Crippen molar-refractivity contribution < 1.29 is 4.79 Å². The molecule has 0 unspecified atom stereocenters. The van der Waals surface area contributed by atoms with Crippen molar-refractivity contribution in [3.63, 3.8) is 0 Å². The highest BCUT2D eigenvalue weighted by atomic mass is 16.2. The topological polar surface area (TPSA) is 84.5 Å². The molecule has 134 valence electrons. The Morgan fingerprint density at radius 1 is 1.00 bits per heavy atom. The molecule has 0 bridgehead atoms. The Hall–Kier alpha value is -3.80. The first-order chi connectivity index (χ1) is 13.1. The summed E-state index contributed by atoms with van der Waals surface area (Å²) in [6, 6.07) is 19.0. The number of nitrogens with two attached hydrogens (primary N) is 1. The molecule has 4 aromatic rings. The van der Waals surface area contributed by atoms with Crippen LogP contribution < -0.4 is 16.4 Å². The normalized spacial score (nSPS) is 10.7. The molecule has 0 aliphatic rings. The monoisotopic (exact) mass is 357 g/mol. The van der Waals surface area contributed by atoms with E-state index in [-0.39, 0.29) is 6.03 Å². The second-order valence-corrected chi connectivity index (χ2v) is 6.32. The van der Waals surface area contributed by atoms with Gasteiger partial charge in [0.15, 0.2) is 0 Å². The molecule has 4 N–H and O–H groups in total. The van der Waals surface area contributed by atoms with Crippen molar-refractivity contribution in [3.8, 4) is 11.1 Å². The Bertz CT molecular complexity index is 1120. The van der Waals surface area contributed by atoms with Crippen LogP contribution in [0.2, 0.25) is 0 Å². The maximum Gasteiger partial charge on any atom is 0.323 e. The van der Waals surface area contributed by atoms with Gasteiger partial charge in [0.1, 0.15) is 0 Å². The predicted molar refractivity (Wildman–Crippen MR) is 109 cm³/mol. The van der Waals surface area contributed by atoms with Gasteiger partial charge in [0.2, 0.25) is 5.95 Å². The molecule has 0 atom stereocenters. The van der Waals surface area contributed by atoms with Gasteiger partial charge < -0.3 is 16.4 Å². The third-order valence-electron chi connectivity index (χ3n) is 4.33. The Balaban J connectivity index is 1.51. The van der Waals surface area contributed by atoms with Crippen LogP contribution >= 0.6 is 0 Å². The van der Waals surface area contributed by atoms with Crippen LogP contribution in [0.25, 0.3) is 16.6 Å². The minimum atomic E-state index is -0.279. The fraction of sp³-hybridized carbons (Fsp3) is 0.0476. The van der Waals surface area contributed by atoms with Crippen LogP contribution in [-0.4, -0.2) is 15.4 Å². The number of carbonyl (C=O) groups excluding carboxylic acids is 1. The van der Waals surface area contributed by atoms with Crippen LogP contribution in [0.15, 0.2) is 73.1 Å². The SMILES string of the molecule is Cc1cccc(NC(=O)Nc2ccc(-c3cccn4c(N)ncc34)cc2)c1. The highest BCUT2D eigenvalue weighted by molar-refractivity contribution is 6.00. The summed E-state index contributed by atoms with van der Waals surface area (Å²) in [4.78, 5) is 16.3. The average molecular weight is 357 g/mol. The highest BCUT2D eigenvalue weighted by Gasteiger charge is 2.08. The van der Waals surface area contributed by atoms with E-state index in [0.717, 1.165) is 27.9 Å². The summed E-state index contributed by atoms with van der Waals surface area (Å²) in [6.07, 6.45) is 3.64. The summed E-state index contributed by atoms with van der Waals surface area (Å²) in [5.41, 5.74) is 11.4. The number of nitrogens with zero attached hydrogens (tertiary/aromatic N) is 2. The van der Waals surface area contributed by atoms with Crippen molar-refractivity contribution in [2.24, 2.45) is 0 Å². The van der Waals surface area contributed by atoms with Crippen molar-refractivity contribution in [1.82, 2.24) is 9.38 Å². The fourth-order valence-corrected chi connectivity index (χ4v) is 3.04. The number of nitrogens with one attached hydrogen (secondary N) is 2. The van der Waals surface area contributed by atoms with E-state index < -0.39 is 0 Å². The number of hydrogen-bond acceptors (Lipinski definition) is 3. The number of urea groups is 1. The molecule has 0 saturated carbocycles. The number of imidazole rings is 1. The van der Waals surface area contributed by atoms with Crippen LogP contribution in [-0.2, 0) is 0 Å². The van der Waals surface area contributed by atoms with Gasteiger partial charge in [0.05, 0.1) is 11.7 Å². The standard InChI is InChI=1S/C21H19N5O/c1-14-4-2-5-17(12-14)25-21(27)24-16-9-7-15(8-10-16)18-6-3-11-26-19(18)13-23-20(26)22/h2-13H,1H3,(H2,22,23)(H2,24,25,27). The lowest BCUT2D eigenvalue weighted by Crippen LogP contribution is -2.19. The summed E-state index contributed by atoms with van der Waals surface area (Å²) in [6.45, 7) is 1.98. The van der Waals surface area contributed by atoms with E-state index >= 15 is 0 Å². The summed E-state index contributed by atoms with van der Waals surface area (Å²) >= 11 is 0. The summed E-state index contributed by atoms with van der Waals surface area (Å²) in [5, 5.41) is 5.67. The number of hydrogen-bond donors (Lipinski definition) is 3. The predicted octanol–water partition coefficient (Wildman–Crippen LogP) is 4.54. The number of benzene rings is 2. The first kappa shape index (κ1) is 16.7. The first-order valence-corrected chi connectivity index (χ1v) is 8.57. The molecule has 6 nitrogen and oxygen atoms in total. The molecular formula is C21H19N5O. The molecule has 0 saturated heterocycles. The summed E-state index contributed by atoms with van der Waals surface area (Å²) in [7, 11) is 0. The minimum absolute atomic E-state index is 0.279. The number of rotatable bonds is 3. The molecule has 0 radical (unpaired) electrons. The first-order valence-electron chi connectivity index (χ1n) is 8.57. The van der Waals surface area contributed by atoms with Gasteiger partial charge in [-0.2, -0.15) is 0 Å². The Kier molecular flexibility index (Phi) is 4.22. The minimum Gasteiger partial charge on any atom is -0.369 e. The van der Waals surface area contributed by atoms with E-state index in [1.54, 1.807) is 6.20 Å². The zero-order valence-corrected chi connectivity index (χ0v) is 14.8. The molecule has 6 heteroatoms. The van der Waals surface area contributed by atoms with E-state index in [1.807, 2.05) is 78.2 Å². The van der Waals surface area contributed by atoms with E-state index in [0.29, 0.717) is 11.6 Å². The molecule has 2 aromatic heterocycles. The number of fused-ring (bicyclic) bond motifs is 1. The zero-order valence-electron chi connectivity index (χ0n) is 14.8. The number of pyridine rings is 1. The van der Waals surface area contributed by atoms with Crippen LogP contribution in [0.3, 0.4) is 0 Å². The van der Waals surface area contributed by atoms with Crippen LogP contribution in [0, 0.1) is 6.92 Å². The van der Waals surface area contributed by atoms with Gasteiger partial charge >= 0.3 is 6.03 Å². The van der Waals surface area contributed by atoms with Crippen LogP contribution in [0.4, 0.5) is 22.1 Å². The number of aromatic nitrogens is 2. The van der Waals surface area contributed by atoms with Gasteiger partial charge in [-0.15, -0.1) is 0 Å². The van der Waals surface area contributed by atoms with Crippen LogP contribution in [0.1, 0.15) is 5.56 Å². The maximum atomic E-state index is 12.2. The molecule has 0 spiro atoms. The van der Waals surface area contributed by atoms with Gasteiger partial charge in [-0.05, 0) is 48.4 Å². The lowest BCUT2D eigenvalue weighted by molar-refractivity contribution is 0.262. The lowest BCUT2D eigenvalue weighted by Gasteiger charge is -2.10. The molecule has 2 amide bonds. The fourth-order valence-electron chi connectivity index (χ4n) is 3.04. The molecule has 0 aliphatic carbocycles. The second kappa shape index (κ2) is 6.84. The Morgan fingerprint density at radius 3 is 2.56 bits per heavy atom. The van der Waals surface area contributed by atoms with E-state index in [2.05, 4.69) is 15.6 Å². The van der Waals surface area contributed by atoms with E-state index in [4.69, 9.17) is 5.73 Å². The Morgan fingerprint density at radius 2 is 1.78 bits per heavy atom. The zero-order chi connectivity index (χ0) is 18.8. The van der Waals surface area contributed by atoms with Gasteiger partial charge in [-0.3, -0.25) is 4.40 Å². The van der Waals surface area contributed by atoms with Gasteiger partial charge in [-0.1, -0.05) is 30.3 Å². The van der Waals surface area contributed by atoms with E-state index in [9.17, 15) is 4.79 Å². The van der Waals surface area contributed by atoms with Crippen molar-refractivity contribution in [2.75, 3.05) is 16.4 Å². The second-order valence-electron chi connectivity index (χ2n) is 6.32. The molecule has 4 rings (SSSR count). The third-order valence-corrected chi connectivity index (χ3v) is 4.33. The van der Waals surface area contributed by atoms with Gasteiger partial charge in [0, 0.05) is 23.1 Å². The number of amides is 2. The van der Waals surface area contributed by atoms with Gasteiger partial charge in [-0.25, -0.2) is 9.78 Å². The lowest BCUT2D eigenvalue weighted by atomic mass is 10.1. The molecule has 2 heterocycles.